The summed E-state index contributed by atoms with van der Waals surface area (Å²) in [5.74, 6) is -1.20. The van der Waals surface area contributed by atoms with Crippen molar-refractivity contribution in [2.24, 2.45) is 0 Å². The summed E-state index contributed by atoms with van der Waals surface area (Å²) in [6.45, 7) is 1.78. The van der Waals surface area contributed by atoms with Gasteiger partial charge in [0.15, 0.2) is 0 Å². The Labute approximate surface area is 134 Å². The van der Waals surface area contributed by atoms with Crippen molar-refractivity contribution in [2.45, 2.75) is 31.1 Å². The Morgan fingerprint density at radius 2 is 1.82 bits per heavy atom. The Kier molecular flexibility index (Phi) is 5.80. The number of hydrogen-bond donors (Lipinski definition) is 2. The zero-order chi connectivity index (χ0) is 16.0. The van der Waals surface area contributed by atoms with Gasteiger partial charge >= 0.3 is 5.97 Å². The lowest BCUT2D eigenvalue weighted by Crippen LogP contribution is -2.44. The number of aliphatic carboxylic acids is 1. The van der Waals surface area contributed by atoms with E-state index in [1.54, 1.807) is 0 Å². The van der Waals surface area contributed by atoms with Crippen molar-refractivity contribution in [1.82, 2.24) is 5.32 Å². The molecule has 0 aliphatic carbocycles. The van der Waals surface area contributed by atoms with Gasteiger partial charge in [-0.05, 0) is 30.5 Å². The number of carbonyl (C=O) groups excluding carboxylic acids is 1. The normalized spacial score (nSPS) is 17.0. The molecule has 1 amide bonds. The molecule has 1 aromatic carbocycles. The van der Waals surface area contributed by atoms with E-state index < -0.39 is 5.97 Å². The van der Waals surface area contributed by atoms with E-state index in [4.69, 9.17) is 21.4 Å². The first kappa shape index (κ1) is 16.8. The quantitative estimate of drug-likeness (QED) is 0.842. The minimum atomic E-state index is -0.964. The zero-order valence-corrected chi connectivity index (χ0v) is 13.1. The number of halogens is 1. The summed E-state index contributed by atoms with van der Waals surface area (Å²) in [4.78, 5) is 22.3. The maximum absolute atomic E-state index is 11.8. The van der Waals surface area contributed by atoms with Crippen molar-refractivity contribution in [3.8, 4) is 0 Å². The molecule has 22 heavy (non-hydrogen) atoms. The third kappa shape index (κ3) is 4.45. The summed E-state index contributed by atoms with van der Waals surface area (Å²) in [5, 5.41) is 12.2. The summed E-state index contributed by atoms with van der Waals surface area (Å²) in [6.07, 6.45) is 1.48. The number of carbonyl (C=O) groups is 2. The van der Waals surface area contributed by atoms with E-state index in [1.165, 1.54) is 0 Å². The van der Waals surface area contributed by atoms with E-state index in [1.807, 2.05) is 24.3 Å². The summed E-state index contributed by atoms with van der Waals surface area (Å²) < 4.78 is 5.44. The lowest BCUT2D eigenvalue weighted by molar-refractivity contribution is -0.138. The van der Waals surface area contributed by atoms with Gasteiger partial charge in [-0.2, -0.15) is 0 Å². The third-order valence-electron chi connectivity index (χ3n) is 4.10. The molecule has 1 aromatic rings. The topological polar surface area (TPSA) is 75.6 Å². The van der Waals surface area contributed by atoms with Crippen LogP contribution in [0.25, 0.3) is 0 Å². The van der Waals surface area contributed by atoms with Crippen molar-refractivity contribution in [2.75, 3.05) is 19.8 Å². The van der Waals surface area contributed by atoms with E-state index >= 15 is 0 Å². The molecule has 1 aliphatic rings. The fourth-order valence-electron chi connectivity index (χ4n) is 2.71. The number of hydrogen-bond acceptors (Lipinski definition) is 3. The Balaban J connectivity index is 2.04. The standard InChI is InChI=1S/C16H20ClNO4/c17-13-3-1-12(2-4-13)16(7-9-22-10-8-16)11-18-14(19)5-6-15(20)21/h1-4H,5-11H2,(H,18,19)(H,20,21). The number of ether oxygens (including phenoxy) is 1. The SMILES string of the molecule is O=C(O)CCC(=O)NCC1(c2ccc(Cl)cc2)CCOCC1. The smallest absolute Gasteiger partial charge is 0.303 e. The second-order valence-electron chi connectivity index (χ2n) is 5.57. The first-order valence-corrected chi connectivity index (χ1v) is 7.72. The average Bonchev–Trinajstić information content (AvgIpc) is 2.52. The molecule has 1 heterocycles. The van der Waals surface area contributed by atoms with Crippen LogP contribution < -0.4 is 5.32 Å². The highest BCUT2D eigenvalue weighted by Gasteiger charge is 2.34. The van der Waals surface area contributed by atoms with Gasteiger partial charge < -0.3 is 15.2 Å². The van der Waals surface area contributed by atoms with Gasteiger partial charge in [-0.15, -0.1) is 0 Å². The van der Waals surface area contributed by atoms with Gasteiger partial charge in [0.05, 0.1) is 6.42 Å². The Bertz CT molecular complexity index is 523. The Morgan fingerprint density at radius 3 is 2.41 bits per heavy atom. The molecule has 0 aromatic heterocycles. The molecule has 5 nitrogen and oxygen atoms in total. The second kappa shape index (κ2) is 7.61. The molecule has 2 N–H and O–H groups in total. The minimum absolute atomic E-state index is 0.00251. The van der Waals surface area contributed by atoms with Crippen LogP contribution in [0.3, 0.4) is 0 Å². The summed E-state index contributed by atoms with van der Waals surface area (Å²) >= 11 is 5.94. The molecular formula is C16H20ClNO4. The molecule has 1 fully saturated rings. The molecule has 0 spiro atoms. The largest absolute Gasteiger partial charge is 0.481 e. The molecule has 0 radical (unpaired) electrons. The van der Waals surface area contributed by atoms with E-state index in [9.17, 15) is 9.59 Å². The second-order valence-corrected chi connectivity index (χ2v) is 6.01. The maximum atomic E-state index is 11.8. The number of carboxylic acids is 1. The van der Waals surface area contributed by atoms with Crippen LogP contribution in [0.1, 0.15) is 31.2 Å². The predicted octanol–water partition coefficient (Wildman–Crippen LogP) is 2.37. The molecule has 0 bridgehead atoms. The average molecular weight is 326 g/mol. The predicted molar refractivity (Wildman–Crippen MR) is 83.1 cm³/mol. The fraction of sp³-hybridized carbons (Fsp3) is 0.500. The Hall–Kier alpha value is -1.59. The molecule has 1 aliphatic heterocycles. The molecule has 120 valence electrons. The van der Waals surface area contributed by atoms with Crippen LogP contribution in [-0.2, 0) is 19.7 Å². The first-order chi connectivity index (χ1) is 10.5. The molecule has 0 saturated carbocycles. The molecule has 0 atom stereocenters. The van der Waals surface area contributed by atoms with E-state index in [0.717, 1.165) is 18.4 Å². The molecular weight excluding hydrogens is 306 g/mol. The summed E-state index contributed by atoms with van der Waals surface area (Å²) in [5.41, 5.74) is 0.945. The van der Waals surface area contributed by atoms with Gasteiger partial charge in [0, 0.05) is 36.6 Å². The first-order valence-electron chi connectivity index (χ1n) is 7.34. The summed E-state index contributed by atoms with van der Waals surface area (Å²) in [7, 11) is 0. The highest BCUT2D eigenvalue weighted by molar-refractivity contribution is 6.30. The van der Waals surface area contributed by atoms with Crippen LogP contribution in [0.2, 0.25) is 5.02 Å². The molecule has 2 rings (SSSR count). The van der Waals surface area contributed by atoms with Gasteiger partial charge in [-0.3, -0.25) is 9.59 Å². The van der Waals surface area contributed by atoms with E-state index in [-0.39, 0.29) is 24.2 Å². The highest BCUT2D eigenvalue weighted by Crippen LogP contribution is 2.34. The lowest BCUT2D eigenvalue weighted by Gasteiger charge is -2.38. The van der Waals surface area contributed by atoms with Crippen LogP contribution >= 0.6 is 11.6 Å². The van der Waals surface area contributed by atoms with Gasteiger partial charge in [-0.25, -0.2) is 0 Å². The zero-order valence-electron chi connectivity index (χ0n) is 12.3. The van der Waals surface area contributed by atoms with Crippen molar-refractivity contribution >= 4 is 23.5 Å². The van der Waals surface area contributed by atoms with Crippen molar-refractivity contribution in [1.29, 1.82) is 0 Å². The Morgan fingerprint density at radius 1 is 1.18 bits per heavy atom. The van der Waals surface area contributed by atoms with Crippen molar-refractivity contribution in [3.63, 3.8) is 0 Å². The molecule has 6 heteroatoms. The van der Waals surface area contributed by atoms with E-state index in [0.29, 0.717) is 24.8 Å². The van der Waals surface area contributed by atoms with Gasteiger partial charge in [0.2, 0.25) is 5.91 Å². The number of rotatable bonds is 6. The van der Waals surface area contributed by atoms with Crippen molar-refractivity contribution in [3.05, 3.63) is 34.9 Å². The van der Waals surface area contributed by atoms with Gasteiger partial charge in [0.25, 0.3) is 0 Å². The number of benzene rings is 1. The lowest BCUT2D eigenvalue weighted by atomic mass is 9.74. The maximum Gasteiger partial charge on any atom is 0.303 e. The number of carboxylic acid groups (broad SMARTS) is 1. The van der Waals surface area contributed by atoms with Crippen LogP contribution in [0, 0.1) is 0 Å². The van der Waals surface area contributed by atoms with E-state index in [2.05, 4.69) is 5.32 Å². The molecule has 0 unspecified atom stereocenters. The van der Waals surface area contributed by atoms with Crippen molar-refractivity contribution < 1.29 is 19.4 Å². The van der Waals surface area contributed by atoms with Crippen LogP contribution in [-0.4, -0.2) is 36.7 Å². The third-order valence-corrected chi connectivity index (χ3v) is 4.35. The highest BCUT2D eigenvalue weighted by atomic mass is 35.5. The van der Waals surface area contributed by atoms with Gasteiger partial charge in [0.1, 0.15) is 0 Å². The van der Waals surface area contributed by atoms with Gasteiger partial charge in [-0.1, -0.05) is 23.7 Å². The van der Waals surface area contributed by atoms with Crippen LogP contribution in [0.5, 0.6) is 0 Å². The molecule has 1 saturated heterocycles. The monoisotopic (exact) mass is 325 g/mol. The fourth-order valence-corrected chi connectivity index (χ4v) is 2.84. The van der Waals surface area contributed by atoms with Crippen LogP contribution in [0.4, 0.5) is 0 Å². The number of nitrogens with one attached hydrogen (secondary N) is 1. The summed E-state index contributed by atoms with van der Waals surface area (Å²) in [6, 6.07) is 7.66. The minimum Gasteiger partial charge on any atom is -0.481 e. The van der Waals surface area contributed by atoms with Crippen LogP contribution in [0.15, 0.2) is 24.3 Å². The number of amides is 1.